The zero-order valence-corrected chi connectivity index (χ0v) is 16.0. The van der Waals surface area contributed by atoms with Crippen LogP contribution in [-0.2, 0) is 0 Å². The molecule has 0 atom stereocenters. The van der Waals surface area contributed by atoms with Gasteiger partial charge in [-0.05, 0) is 35.4 Å². The highest BCUT2D eigenvalue weighted by Gasteiger charge is 2.25. The highest BCUT2D eigenvalue weighted by Crippen LogP contribution is 2.32. The van der Waals surface area contributed by atoms with Crippen molar-refractivity contribution in [2.45, 2.75) is 6.04 Å². The van der Waals surface area contributed by atoms with Crippen molar-refractivity contribution in [1.29, 1.82) is 10.8 Å². The van der Waals surface area contributed by atoms with Crippen LogP contribution in [0.4, 0.5) is 11.4 Å². The normalized spacial score (nSPS) is 15.8. The van der Waals surface area contributed by atoms with Crippen LogP contribution in [0, 0.1) is 10.8 Å². The second-order valence-corrected chi connectivity index (χ2v) is 6.67. The molecule has 2 aromatic rings. The topological polar surface area (TPSA) is 87.0 Å². The molecule has 1 fully saturated rings. The van der Waals surface area contributed by atoms with Crippen molar-refractivity contribution >= 4 is 23.8 Å². The molecule has 1 heterocycles. The van der Waals surface area contributed by atoms with Gasteiger partial charge in [-0.1, -0.05) is 12.1 Å². The molecule has 0 aliphatic carbocycles. The predicted octanol–water partition coefficient (Wildman–Crippen LogP) is 2.76. The molecule has 27 heavy (non-hydrogen) atoms. The van der Waals surface area contributed by atoms with E-state index in [4.69, 9.17) is 10.8 Å². The maximum atomic E-state index is 7.76. The van der Waals surface area contributed by atoms with Gasteiger partial charge in [-0.2, -0.15) is 0 Å². The molecule has 6 nitrogen and oxygen atoms in total. The largest absolute Gasteiger partial charge is 0.388 e. The van der Waals surface area contributed by atoms with Crippen LogP contribution >= 0.6 is 0 Å². The summed E-state index contributed by atoms with van der Waals surface area (Å²) in [7, 11) is 3.76. The Morgan fingerprint density at radius 3 is 1.78 bits per heavy atom. The Balaban J connectivity index is 2.09. The van der Waals surface area contributed by atoms with Crippen LogP contribution in [0.15, 0.2) is 36.4 Å². The van der Waals surface area contributed by atoms with Crippen LogP contribution in [0.1, 0.15) is 28.3 Å². The summed E-state index contributed by atoms with van der Waals surface area (Å²) in [6.45, 7) is 3.86. The second-order valence-electron chi connectivity index (χ2n) is 6.67. The number of hydrogen-bond acceptors (Lipinski definition) is 6. The SMILES string of the molecule is CNc1ccc(C(c2ccc(NC)c(C=N)c2)N2CCNCC2)cc1C=N. The molecule has 0 unspecified atom stereocenters. The van der Waals surface area contributed by atoms with E-state index in [1.807, 2.05) is 26.2 Å². The third-order valence-corrected chi connectivity index (χ3v) is 5.15. The molecular formula is C21H28N6. The minimum Gasteiger partial charge on any atom is -0.388 e. The summed E-state index contributed by atoms with van der Waals surface area (Å²) in [6, 6.07) is 12.7. The number of nitrogens with one attached hydrogen (secondary N) is 5. The van der Waals surface area contributed by atoms with Crippen LogP contribution in [0.25, 0.3) is 0 Å². The standard InChI is InChI=1S/C21H28N6/c1-24-19-5-3-15(11-17(19)13-22)21(27-9-7-26-8-10-27)16-4-6-20(25-2)18(12-16)14-23/h3-6,11-14,21-26H,7-10H2,1-2H3. The van der Waals surface area contributed by atoms with Crippen molar-refractivity contribution in [3.8, 4) is 0 Å². The lowest BCUT2D eigenvalue weighted by Gasteiger charge is -2.36. The average molecular weight is 364 g/mol. The molecule has 0 radical (unpaired) electrons. The molecule has 3 rings (SSSR count). The molecule has 0 aromatic heterocycles. The van der Waals surface area contributed by atoms with Crippen LogP contribution in [0.3, 0.4) is 0 Å². The molecule has 1 saturated heterocycles. The van der Waals surface area contributed by atoms with Gasteiger partial charge in [-0.15, -0.1) is 0 Å². The summed E-state index contributed by atoms with van der Waals surface area (Å²) in [5.41, 5.74) is 6.02. The zero-order chi connectivity index (χ0) is 19.2. The van der Waals surface area contributed by atoms with E-state index in [0.29, 0.717) is 0 Å². The van der Waals surface area contributed by atoms with Gasteiger partial charge in [-0.3, -0.25) is 4.90 Å². The highest BCUT2D eigenvalue weighted by atomic mass is 15.2. The fraction of sp³-hybridized carbons (Fsp3) is 0.333. The van der Waals surface area contributed by atoms with Crippen LogP contribution in [-0.4, -0.2) is 57.6 Å². The van der Waals surface area contributed by atoms with E-state index < -0.39 is 0 Å². The van der Waals surface area contributed by atoms with Crippen LogP contribution in [0.5, 0.6) is 0 Å². The Bertz CT molecular complexity index is 751. The highest BCUT2D eigenvalue weighted by molar-refractivity contribution is 5.87. The second kappa shape index (κ2) is 8.79. The van der Waals surface area contributed by atoms with Gasteiger partial charge >= 0.3 is 0 Å². The summed E-state index contributed by atoms with van der Waals surface area (Å²) in [6.07, 6.45) is 2.80. The van der Waals surface area contributed by atoms with E-state index in [-0.39, 0.29) is 6.04 Å². The first-order valence-corrected chi connectivity index (χ1v) is 9.31. The number of piperazine rings is 1. The van der Waals surface area contributed by atoms with Crippen LogP contribution < -0.4 is 16.0 Å². The molecule has 0 bridgehead atoms. The predicted molar refractivity (Wildman–Crippen MR) is 114 cm³/mol. The number of nitrogens with zero attached hydrogens (tertiary/aromatic N) is 1. The van der Waals surface area contributed by atoms with E-state index in [2.05, 4.69) is 45.1 Å². The van der Waals surface area contributed by atoms with Gasteiger partial charge in [-0.25, -0.2) is 0 Å². The Morgan fingerprint density at radius 1 is 0.889 bits per heavy atom. The van der Waals surface area contributed by atoms with Gasteiger partial charge in [0, 0.05) is 75.2 Å². The summed E-state index contributed by atoms with van der Waals surface area (Å²) in [5.74, 6) is 0. The molecular weight excluding hydrogens is 336 g/mol. The molecule has 6 heteroatoms. The number of anilines is 2. The third-order valence-electron chi connectivity index (χ3n) is 5.15. The maximum Gasteiger partial charge on any atom is 0.0603 e. The van der Waals surface area contributed by atoms with Gasteiger partial charge < -0.3 is 26.8 Å². The van der Waals surface area contributed by atoms with Crippen molar-refractivity contribution in [2.24, 2.45) is 0 Å². The van der Waals surface area contributed by atoms with E-state index in [1.54, 1.807) is 0 Å². The maximum absolute atomic E-state index is 7.76. The molecule has 0 amide bonds. The van der Waals surface area contributed by atoms with E-state index in [9.17, 15) is 0 Å². The van der Waals surface area contributed by atoms with Gasteiger partial charge in [0.15, 0.2) is 0 Å². The van der Waals surface area contributed by atoms with E-state index in [1.165, 1.54) is 23.6 Å². The summed E-state index contributed by atoms with van der Waals surface area (Å²) in [4.78, 5) is 2.47. The average Bonchev–Trinajstić information content (AvgIpc) is 2.74. The van der Waals surface area contributed by atoms with E-state index in [0.717, 1.165) is 48.7 Å². The van der Waals surface area contributed by atoms with E-state index >= 15 is 0 Å². The first-order chi connectivity index (χ1) is 13.2. The Hall–Kier alpha value is -2.70. The van der Waals surface area contributed by atoms with Crippen molar-refractivity contribution in [2.75, 3.05) is 50.9 Å². The third kappa shape index (κ3) is 4.02. The van der Waals surface area contributed by atoms with Gasteiger partial charge in [0.2, 0.25) is 0 Å². The lowest BCUT2D eigenvalue weighted by molar-refractivity contribution is 0.198. The van der Waals surface area contributed by atoms with Gasteiger partial charge in [0.25, 0.3) is 0 Å². The van der Waals surface area contributed by atoms with Crippen molar-refractivity contribution in [1.82, 2.24) is 10.2 Å². The molecule has 1 aliphatic heterocycles. The minimum absolute atomic E-state index is 0.0984. The molecule has 2 aromatic carbocycles. The number of hydrogen-bond donors (Lipinski definition) is 5. The first-order valence-electron chi connectivity index (χ1n) is 9.31. The minimum atomic E-state index is 0.0984. The summed E-state index contributed by atoms with van der Waals surface area (Å²) in [5, 5.41) is 25.3. The monoisotopic (exact) mass is 364 g/mol. The van der Waals surface area contributed by atoms with Crippen LogP contribution in [0.2, 0.25) is 0 Å². The van der Waals surface area contributed by atoms with Crippen molar-refractivity contribution in [3.05, 3.63) is 58.7 Å². The Morgan fingerprint density at radius 2 is 1.37 bits per heavy atom. The quantitative estimate of drug-likeness (QED) is 0.489. The zero-order valence-electron chi connectivity index (χ0n) is 16.0. The summed E-state index contributed by atoms with van der Waals surface area (Å²) < 4.78 is 0. The Labute approximate surface area is 161 Å². The lowest BCUT2D eigenvalue weighted by atomic mass is 9.93. The fourth-order valence-corrected chi connectivity index (χ4v) is 3.75. The van der Waals surface area contributed by atoms with Crippen molar-refractivity contribution < 1.29 is 0 Å². The molecule has 1 aliphatic rings. The van der Waals surface area contributed by atoms with Gasteiger partial charge in [0.05, 0.1) is 6.04 Å². The molecule has 0 spiro atoms. The summed E-state index contributed by atoms with van der Waals surface area (Å²) >= 11 is 0. The number of rotatable bonds is 7. The first kappa shape index (κ1) is 19.1. The smallest absolute Gasteiger partial charge is 0.0603 e. The molecule has 142 valence electrons. The van der Waals surface area contributed by atoms with Gasteiger partial charge in [0.1, 0.15) is 0 Å². The molecule has 0 saturated carbocycles. The van der Waals surface area contributed by atoms with Crippen molar-refractivity contribution in [3.63, 3.8) is 0 Å². The molecule has 5 N–H and O–H groups in total. The lowest BCUT2D eigenvalue weighted by Crippen LogP contribution is -2.45. The Kier molecular flexibility index (Phi) is 6.21. The number of benzene rings is 2. The fourth-order valence-electron chi connectivity index (χ4n) is 3.75.